The van der Waals surface area contributed by atoms with Crippen molar-refractivity contribution >= 4 is 51.6 Å². The number of nitrogens with one attached hydrogen (secondary N) is 5. The van der Waals surface area contributed by atoms with Gasteiger partial charge in [-0.1, -0.05) is 51.1 Å². The topological polar surface area (TPSA) is 196 Å². The van der Waals surface area contributed by atoms with Crippen molar-refractivity contribution in [2.24, 2.45) is 0 Å². The highest BCUT2D eigenvalue weighted by Gasteiger charge is 2.22. The van der Waals surface area contributed by atoms with Crippen LogP contribution in [0.15, 0.2) is 85.1 Å². The van der Waals surface area contributed by atoms with Crippen LogP contribution in [0.2, 0.25) is 0 Å². The van der Waals surface area contributed by atoms with Crippen LogP contribution in [0, 0.1) is 0 Å². The highest BCUT2D eigenvalue weighted by Crippen LogP contribution is 2.37. The number of likely N-dealkylation sites (N-methyl/N-ethyl adjacent to an activating group) is 1. The van der Waals surface area contributed by atoms with Crippen LogP contribution in [0.25, 0.3) is 10.8 Å². The number of hydrogen-bond donors (Lipinski definition) is 5. The zero-order valence-electron chi connectivity index (χ0n) is 37.1. The minimum absolute atomic E-state index is 0.132. The Morgan fingerprint density at radius 1 is 0.810 bits per heavy atom. The third-order valence-electron chi connectivity index (χ3n) is 9.43. The van der Waals surface area contributed by atoms with Gasteiger partial charge in [0.2, 0.25) is 17.7 Å². The van der Waals surface area contributed by atoms with Gasteiger partial charge >= 0.3 is 6.03 Å². The summed E-state index contributed by atoms with van der Waals surface area (Å²) in [6, 6.07) is 22.9. The fourth-order valence-corrected chi connectivity index (χ4v) is 6.26. The van der Waals surface area contributed by atoms with E-state index in [1.165, 1.54) is 14.2 Å². The number of hydrogen-bond acceptors (Lipinski definition) is 13. The molecule has 4 aromatic carbocycles. The van der Waals surface area contributed by atoms with Crippen LogP contribution in [0.1, 0.15) is 42.3 Å². The first kappa shape index (κ1) is 47.7. The van der Waals surface area contributed by atoms with E-state index in [0.717, 1.165) is 21.9 Å². The lowest BCUT2D eigenvalue weighted by molar-refractivity contribution is -0.121. The van der Waals surface area contributed by atoms with Crippen molar-refractivity contribution in [1.82, 2.24) is 25.5 Å². The molecule has 0 aliphatic rings. The van der Waals surface area contributed by atoms with Gasteiger partial charge in [0.15, 0.2) is 6.23 Å². The first-order valence-electron chi connectivity index (χ1n) is 20.4. The minimum Gasteiger partial charge on any atom is -0.494 e. The predicted molar refractivity (Wildman–Crippen MR) is 242 cm³/mol. The molecule has 5 aromatic rings. The number of benzene rings is 4. The number of carbonyl (C=O) groups is 3. The first-order valence-corrected chi connectivity index (χ1v) is 20.4. The summed E-state index contributed by atoms with van der Waals surface area (Å²) in [7, 11) is 8.28. The maximum absolute atomic E-state index is 13.7. The van der Waals surface area contributed by atoms with Crippen LogP contribution >= 0.6 is 0 Å². The molecule has 0 aliphatic heterocycles. The van der Waals surface area contributed by atoms with E-state index in [1.54, 1.807) is 60.7 Å². The van der Waals surface area contributed by atoms with E-state index in [0.29, 0.717) is 60.6 Å². The van der Waals surface area contributed by atoms with Crippen molar-refractivity contribution in [3.8, 4) is 17.4 Å². The molecule has 17 heteroatoms. The Bertz CT molecular complexity index is 2320. The number of ether oxygens (including phenoxy) is 6. The van der Waals surface area contributed by atoms with Crippen molar-refractivity contribution in [3.05, 3.63) is 102 Å². The Morgan fingerprint density at radius 2 is 1.56 bits per heavy atom. The van der Waals surface area contributed by atoms with Crippen LogP contribution in [0.4, 0.5) is 27.8 Å². The largest absolute Gasteiger partial charge is 0.494 e. The van der Waals surface area contributed by atoms with Gasteiger partial charge in [-0.15, -0.1) is 0 Å². The SMILES string of the molecule is COCCOCCOCC(NC(=O)c1cccc(Nc2nccc(Oc3ccc(NC(=O)Nc4cc(C(C)(C)C)cc(CNC(=O)CN(C)C)c4OC)c4ccccc34)n2)c1)OC. The van der Waals surface area contributed by atoms with Crippen LogP contribution < -0.4 is 36.1 Å². The molecule has 1 unspecified atom stereocenters. The van der Waals surface area contributed by atoms with Gasteiger partial charge in [-0.2, -0.15) is 4.98 Å². The molecule has 4 amide bonds. The van der Waals surface area contributed by atoms with Crippen LogP contribution in [0.5, 0.6) is 17.4 Å². The molecule has 0 radical (unpaired) electrons. The van der Waals surface area contributed by atoms with E-state index in [9.17, 15) is 14.4 Å². The molecule has 0 spiro atoms. The fourth-order valence-electron chi connectivity index (χ4n) is 6.26. The lowest BCUT2D eigenvalue weighted by atomic mass is 9.85. The van der Waals surface area contributed by atoms with Crippen molar-refractivity contribution < 1.29 is 42.8 Å². The molecule has 336 valence electrons. The van der Waals surface area contributed by atoms with Crippen molar-refractivity contribution in [2.75, 3.05) is 91.0 Å². The zero-order chi connectivity index (χ0) is 45.4. The summed E-state index contributed by atoms with van der Waals surface area (Å²) in [5.74, 6) is 0.958. The average Bonchev–Trinajstić information content (AvgIpc) is 3.25. The Hall–Kier alpha value is -6.37. The van der Waals surface area contributed by atoms with Crippen molar-refractivity contribution in [1.29, 1.82) is 0 Å². The number of rotatable bonds is 22. The summed E-state index contributed by atoms with van der Waals surface area (Å²) in [5.41, 5.74) is 3.38. The summed E-state index contributed by atoms with van der Waals surface area (Å²) in [5, 5.41) is 16.3. The number of urea groups is 1. The van der Waals surface area contributed by atoms with E-state index < -0.39 is 12.3 Å². The molecule has 17 nitrogen and oxygen atoms in total. The van der Waals surface area contributed by atoms with E-state index >= 15 is 0 Å². The smallest absolute Gasteiger partial charge is 0.323 e. The average molecular weight is 867 g/mol. The molecule has 0 fully saturated rings. The lowest BCUT2D eigenvalue weighted by Crippen LogP contribution is -2.39. The maximum atomic E-state index is 13.7. The third-order valence-corrected chi connectivity index (χ3v) is 9.43. The summed E-state index contributed by atoms with van der Waals surface area (Å²) >= 11 is 0. The number of amides is 4. The van der Waals surface area contributed by atoms with Gasteiger partial charge in [-0.25, -0.2) is 9.78 Å². The Kier molecular flexibility index (Phi) is 17.5. The fraction of sp³-hybridized carbons (Fsp3) is 0.370. The monoisotopic (exact) mass is 866 g/mol. The second kappa shape index (κ2) is 23.2. The Morgan fingerprint density at radius 3 is 2.29 bits per heavy atom. The van der Waals surface area contributed by atoms with E-state index in [-0.39, 0.29) is 48.8 Å². The van der Waals surface area contributed by atoms with E-state index in [1.807, 2.05) is 50.5 Å². The number of fused-ring (bicyclic) bond motifs is 1. The molecule has 1 atom stereocenters. The predicted octanol–water partition coefficient (Wildman–Crippen LogP) is 6.68. The molecule has 63 heavy (non-hydrogen) atoms. The first-order chi connectivity index (χ1) is 30.3. The Balaban J connectivity index is 1.25. The standard InChI is InChI=1S/C46H58N8O9/c1-46(2,3)32-24-31(27-48-39(55)28-54(4)5)42(60-8)37(26-32)51-45(57)50-36-16-17-38(35-15-10-9-14-34(35)36)63-40-18-19-47-44(53-40)49-33-13-11-12-30(25-33)43(56)52-41(59-7)29-62-23-22-61-21-20-58-6/h9-19,24-26,41H,20-23,27-29H2,1-8H3,(H,48,55)(H,52,56)(H,47,49,53)(H2,50,51,57). The van der Waals surface area contributed by atoms with Crippen LogP contribution in [-0.2, 0) is 35.7 Å². The zero-order valence-corrected chi connectivity index (χ0v) is 37.1. The van der Waals surface area contributed by atoms with E-state index in [4.69, 9.17) is 28.4 Å². The van der Waals surface area contributed by atoms with Gasteiger partial charge in [0.05, 0.1) is 58.1 Å². The normalized spacial score (nSPS) is 11.8. The summed E-state index contributed by atoms with van der Waals surface area (Å²) in [6.45, 7) is 8.54. The van der Waals surface area contributed by atoms with Crippen LogP contribution in [0.3, 0.4) is 0 Å². The molecule has 5 rings (SSSR count). The quantitative estimate of drug-likeness (QED) is 0.0366. The second-order valence-electron chi connectivity index (χ2n) is 15.6. The molecule has 0 aliphatic carbocycles. The van der Waals surface area contributed by atoms with Gasteiger partial charge < -0.3 is 59.9 Å². The number of carbonyl (C=O) groups excluding carboxylic acids is 3. The number of aromatic nitrogens is 2. The summed E-state index contributed by atoms with van der Waals surface area (Å²) in [6.07, 6.45) is 0.889. The van der Waals surface area contributed by atoms with Gasteiger partial charge in [-0.3, -0.25) is 9.59 Å². The molecule has 1 heterocycles. The summed E-state index contributed by atoms with van der Waals surface area (Å²) in [4.78, 5) is 49.9. The van der Waals surface area contributed by atoms with E-state index in [2.05, 4.69) is 57.3 Å². The maximum Gasteiger partial charge on any atom is 0.323 e. The van der Waals surface area contributed by atoms with Crippen molar-refractivity contribution in [3.63, 3.8) is 0 Å². The summed E-state index contributed by atoms with van der Waals surface area (Å²) < 4.78 is 33.4. The van der Waals surface area contributed by atoms with Gasteiger partial charge in [0.25, 0.3) is 5.91 Å². The molecule has 0 saturated carbocycles. The van der Waals surface area contributed by atoms with Gasteiger partial charge in [-0.05, 0) is 67.5 Å². The highest BCUT2D eigenvalue weighted by molar-refractivity contribution is 6.08. The van der Waals surface area contributed by atoms with Gasteiger partial charge in [0.1, 0.15) is 11.5 Å². The molecular weight excluding hydrogens is 809 g/mol. The minimum atomic E-state index is -0.669. The number of methoxy groups -OCH3 is 3. The Labute approximate surface area is 368 Å². The van der Waals surface area contributed by atoms with Crippen molar-refractivity contribution in [2.45, 2.75) is 39.0 Å². The molecule has 5 N–H and O–H groups in total. The molecule has 0 bridgehead atoms. The molecular formula is C46H58N8O9. The number of anilines is 4. The molecule has 0 saturated heterocycles. The van der Waals surface area contributed by atoms with Crippen LogP contribution in [-0.4, -0.2) is 114 Å². The molecule has 1 aromatic heterocycles. The highest BCUT2D eigenvalue weighted by atomic mass is 16.6. The van der Waals surface area contributed by atoms with Gasteiger partial charge in [0, 0.05) is 60.6 Å². The number of nitrogens with zero attached hydrogens (tertiary/aromatic N) is 3. The second-order valence-corrected chi connectivity index (χ2v) is 15.6. The lowest BCUT2D eigenvalue weighted by Gasteiger charge is -2.24. The third kappa shape index (κ3) is 14.3.